The van der Waals surface area contributed by atoms with Gasteiger partial charge in [0, 0.05) is 4.90 Å². The van der Waals surface area contributed by atoms with Gasteiger partial charge >= 0.3 is 12.2 Å². The molecule has 1 heterocycles. The van der Waals surface area contributed by atoms with Crippen molar-refractivity contribution in [3.63, 3.8) is 0 Å². The van der Waals surface area contributed by atoms with E-state index in [1.165, 1.54) is 41.3 Å². The monoisotopic (exact) mass is 383 g/mol. The highest BCUT2D eigenvalue weighted by Crippen LogP contribution is 2.35. The van der Waals surface area contributed by atoms with E-state index in [1.807, 2.05) is 24.5 Å². The zero-order chi connectivity index (χ0) is 18.0. The Morgan fingerprint density at radius 3 is 2.60 bits per heavy atom. The molecule has 4 nitrogen and oxygen atoms in total. The Balaban J connectivity index is 1.80. The number of halogens is 3. The molecule has 0 aliphatic rings. The number of carbonyl (C=O) groups excluding carboxylic acids is 1. The van der Waals surface area contributed by atoms with Crippen molar-refractivity contribution in [1.82, 2.24) is 4.98 Å². The van der Waals surface area contributed by atoms with E-state index < -0.39 is 17.8 Å². The van der Waals surface area contributed by atoms with E-state index in [2.05, 4.69) is 15.6 Å². The molecule has 2 N–H and O–H groups in total. The minimum atomic E-state index is -4.55. The first kappa shape index (κ1) is 17.6. The third-order valence-corrected chi connectivity index (χ3v) is 5.01. The van der Waals surface area contributed by atoms with Gasteiger partial charge in [-0.3, -0.25) is 5.32 Å². The lowest BCUT2D eigenvalue weighted by molar-refractivity contribution is -0.136. The third-order valence-electron chi connectivity index (χ3n) is 3.30. The van der Waals surface area contributed by atoms with Gasteiger partial charge in [0.05, 0.1) is 21.5 Å². The van der Waals surface area contributed by atoms with Crippen LogP contribution in [0.3, 0.4) is 0 Å². The van der Waals surface area contributed by atoms with Gasteiger partial charge in [-0.15, -0.1) is 11.8 Å². The van der Waals surface area contributed by atoms with E-state index in [4.69, 9.17) is 0 Å². The lowest BCUT2D eigenvalue weighted by Gasteiger charge is -2.13. The summed E-state index contributed by atoms with van der Waals surface area (Å²) in [6, 6.07) is 9.70. The second-order valence-electron chi connectivity index (χ2n) is 4.95. The zero-order valence-electron chi connectivity index (χ0n) is 12.8. The molecule has 0 bridgehead atoms. The first-order chi connectivity index (χ1) is 11.9. The number of urea groups is 1. The summed E-state index contributed by atoms with van der Waals surface area (Å²) < 4.78 is 39.8. The number of amides is 2. The van der Waals surface area contributed by atoms with Gasteiger partial charge in [0.2, 0.25) is 0 Å². The summed E-state index contributed by atoms with van der Waals surface area (Å²) in [6.45, 7) is 0. The second-order valence-corrected chi connectivity index (χ2v) is 6.83. The summed E-state index contributed by atoms with van der Waals surface area (Å²) in [5.41, 5.74) is -0.455. The first-order valence-corrected chi connectivity index (χ1v) is 9.10. The molecule has 0 fully saturated rings. The fraction of sp³-hybridized carbons (Fsp3) is 0.125. The van der Waals surface area contributed by atoms with Crippen LogP contribution in [0, 0.1) is 0 Å². The number of thioether (sulfide) groups is 1. The molecule has 0 unspecified atom stereocenters. The van der Waals surface area contributed by atoms with Crippen LogP contribution in [-0.4, -0.2) is 17.3 Å². The molecule has 0 spiro atoms. The second kappa shape index (κ2) is 6.93. The summed E-state index contributed by atoms with van der Waals surface area (Å²) >= 11 is 2.79. The van der Waals surface area contributed by atoms with E-state index in [0.717, 1.165) is 21.2 Å². The Kier molecular flexibility index (Phi) is 4.87. The van der Waals surface area contributed by atoms with E-state index in [1.54, 1.807) is 0 Å². The molecule has 130 valence electrons. The number of hydrogen-bond acceptors (Lipinski definition) is 4. The normalized spacial score (nSPS) is 11.5. The standard InChI is InChI=1S/C16H12F3N3OS2/c1-24-11-7-4-8-12-13(11)21-15(25-12)22-14(23)20-10-6-3-2-5-9(10)16(17,18)19/h2-8H,1H3,(H2,20,21,22,23). The lowest BCUT2D eigenvalue weighted by Crippen LogP contribution is -2.21. The number of carbonyl (C=O) groups is 1. The van der Waals surface area contributed by atoms with Crippen molar-refractivity contribution in [2.45, 2.75) is 11.1 Å². The van der Waals surface area contributed by atoms with Crippen LogP contribution in [-0.2, 0) is 6.18 Å². The predicted molar refractivity (Wildman–Crippen MR) is 95.5 cm³/mol. The van der Waals surface area contributed by atoms with Gasteiger partial charge in [-0.1, -0.05) is 29.5 Å². The average Bonchev–Trinajstić information content (AvgIpc) is 2.96. The highest BCUT2D eigenvalue weighted by molar-refractivity contribution is 7.98. The number of nitrogens with zero attached hydrogens (tertiary/aromatic N) is 1. The number of nitrogens with one attached hydrogen (secondary N) is 2. The van der Waals surface area contributed by atoms with Gasteiger partial charge in [-0.05, 0) is 30.5 Å². The number of benzene rings is 2. The lowest BCUT2D eigenvalue weighted by atomic mass is 10.1. The quantitative estimate of drug-likeness (QED) is 0.572. The Bertz CT molecular complexity index is 924. The molecule has 2 aromatic carbocycles. The van der Waals surface area contributed by atoms with E-state index in [-0.39, 0.29) is 5.69 Å². The van der Waals surface area contributed by atoms with Crippen LogP contribution in [0.2, 0.25) is 0 Å². The fourth-order valence-electron chi connectivity index (χ4n) is 2.23. The zero-order valence-corrected chi connectivity index (χ0v) is 14.5. The van der Waals surface area contributed by atoms with Crippen LogP contribution >= 0.6 is 23.1 Å². The molecule has 0 aliphatic carbocycles. The first-order valence-electron chi connectivity index (χ1n) is 7.06. The van der Waals surface area contributed by atoms with E-state index in [0.29, 0.717) is 5.13 Å². The number of hydrogen-bond donors (Lipinski definition) is 2. The smallest absolute Gasteiger partial charge is 0.307 e. The van der Waals surface area contributed by atoms with Crippen LogP contribution in [0.15, 0.2) is 47.4 Å². The number of para-hydroxylation sites is 2. The van der Waals surface area contributed by atoms with Crippen molar-refractivity contribution in [2.75, 3.05) is 16.9 Å². The summed E-state index contributed by atoms with van der Waals surface area (Å²) in [5, 5.41) is 5.04. The van der Waals surface area contributed by atoms with Crippen LogP contribution in [0.5, 0.6) is 0 Å². The number of thiazole rings is 1. The van der Waals surface area contributed by atoms with Gasteiger partial charge in [0.1, 0.15) is 0 Å². The molecule has 0 saturated carbocycles. The number of fused-ring (bicyclic) bond motifs is 1. The van der Waals surface area contributed by atoms with Crippen LogP contribution in [0.4, 0.5) is 28.8 Å². The number of anilines is 2. The van der Waals surface area contributed by atoms with Crippen LogP contribution in [0.1, 0.15) is 5.56 Å². The molecule has 0 radical (unpaired) electrons. The Labute approximate surface area is 149 Å². The van der Waals surface area contributed by atoms with Crippen molar-refractivity contribution >= 4 is 50.2 Å². The molecule has 2 amide bonds. The molecule has 9 heteroatoms. The average molecular weight is 383 g/mol. The Hall–Kier alpha value is -2.26. The molecular formula is C16H12F3N3OS2. The minimum absolute atomic E-state index is 0.307. The summed E-state index contributed by atoms with van der Waals surface area (Å²) in [5.74, 6) is 0. The molecule has 25 heavy (non-hydrogen) atoms. The highest BCUT2D eigenvalue weighted by Gasteiger charge is 2.33. The highest BCUT2D eigenvalue weighted by atomic mass is 32.2. The maximum Gasteiger partial charge on any atom is 0.418 e. The summed E-state index contributed by atoms with van der Waals surface area (Å²) in [6.07, 6.45) is -2.63. The Morgan fingerprint density at radius 1 is 1.12 bits per heavy atom. The number of rotatable bonds is 3. The third kappa shape index (κ3) is 3.88. The van der Waals surface area contributed by atoms with Crippen molar-refractivity contribution in [2.24, 2.45) is 0 Å². The van der Waals surface area contributed by atoms with Crippen molar-refractivity contribution in [3.05, 3.63) is 48.0 Å². The van der Waals surface area contributed by atoms with Gasteiger partial charge in [-0.25, -0.2) is 9.78 Å². The number of alkyl halides is 3. The molecule has 1 aromatic heterocycles. The summed E-state index contributed by atoms with van der Waals surface area (Å²) in [7, 11) is 0. The van der Waals surface area contributed by atoms with Crippen LogP contribution in [0.25, 0.3) is 10.2 Å². The SMILES string of the molecule is CSc1cccc2sc(NC(=O)Nc3ccccc3C(F)(F)F)nc12. The molecule has 0 atom stereocenters. The van der Waals surface area contributed by atoms with Crippen molar-refractivity contribution in [3.8, 4) is 0 Å². The maximum atomic E-state index is 13.0. The van der Waals surface area contributed by atoms with E-state index >= 15 is 0 Å². The van der Waals surface area contributed by atoms with Gasteiger partial charge in [0.15, 0.2) is 5.13 Å². The molecule has 3 aromatic rings. The Morgan fingerprint density at radius 2 is 1.88 bits per heavy atom. The fourth-order valence-corrected chi connectivity index (χ4v) is 3.75. The topological polar surface area (TPSA) is 54.0 Å². The molecule has 0 aliphatic heterocycles. The molecular weight excluding hydrogens is 371 g/mol. The minimum Gasteiger partial charge on any atom is -0.307 e. The van der Waals surface area contributed by atoms with Crippen molar-refractivity contribution in [1.29, 1.82) is 0 Å². The van der Waals surface area contributed by atoms with Crippen LogP contribution < -0.4 is 10.6 Å². The van der Waals surface area contributed by atoms with E-state index in [9.17, 15) is 18.0 Å². The van der Waals surface area contributed by atoms with Gasteiger partial charge in [-0.2, -0.15) is 13.2 Å². The maximum absolute atomic E-state index is 13.0. The predicted octanol–water partition coefficient (Wildman–Crippen LogP) is 5.68. The number of aromatic nitrogens is 1. The largest absolute Gasteiger partial charge is 0.418 e. The van der Waals surface area contributed by atoms with Gasteiger partial charge < -0.3 is 5.32 Å². The van der Waals surface area contributed by atoms with Crippen molar-refractivity contribution < 1.29 is 18.0 Å². The summed E-state index contributed by atoms with van der Waals surface area (Å²) in [4.78, 5) is 17.4. The van der Waals surface area contributed by atoms with Gasteiger partial charge in [0.25, 0.3) is 0 Å². The molecule has 0 saturated heterocycles. The molecule has 3 rings (SSSR count).